The van der Waals surface area contributed by atoms with Crippen molar-refractivity contribution >= 4 is 0 Å². The van der Waals surface area contributed by atoms with Crippen molar-refractivity contribution < 1.29 is 40.2 Å². The molecule has 10 heteroatoms. The Morgan fingerprint density at radius 2 is 1.50 bits per heavy atom. The first-order valence-corrected chi connectivity index (χ1v) is 11.0. The van der Waals surface area contributed by atoms with E-state index >= 15 is 0 Å². The van der Waals surface area contributed by atoms with Crippen LogP contribution in [0.3, 0.4) is 0 Å². The summed E-state index contributed by atoms with van der Waals surface area (Å²) in [6.45, 7) is 2.32. The fourth-order valence-electron chi connectivity index (χ4n) is 3.38. The number of rotatable bonds is 6. The predicted octanol–water partition coefficient (Wildman–Crippen LogP) is 7.37. The third kappa shape index (κ3) is 5.89. The van der Waals surface area contributed by atoms with Gasteiger partial charge in [-0.05, 0) is 54.8 Å². The maximum atomic E-state index is 14.8. The van der Waals surface area contributed by atoms with Gasteiger partial charge in [-0.3, -0.25) is 0 Å². The molecule has 0 amide bonds. The molecule has 38 heavy (non-hydrogen) atoms. The molecule has 0 fully saturated rings. The van der Waals surface area contributed by atoms with Gasteiger partial charge in [0.15, 0.2) is 17.5 Å². The minimum atomic E-state index is -4.38. The van der Waals surface area contributed by atoms with Crippen molar-refractivity contribution in [2.24, 2.45) is 0 Å². The van der Waals surface area contributed by atoms with E-state index in [1.54, 1.807) is 12.1 Å². The summed E-state index contributed by atoms with van der Waals surface area (Å²) in [6.07, 6.45) is -2.88. The minimum Gasteiger partial charge on any atom is -0.492 e. The van der Waals surface area contributed by atoms with E-state index < -0.39 is 46.5 Å². The van der Waals surface area contributed by atoms with Gasteiger partial charge < -0.3 is 9.47 Å². The summed E-state index contributed by atoms with van der Waals surface area (Å²) in [4.78, 5) is 4.12. The van der Waals surface area contributed by atoms with E-state index in [2.05, 4.69) is 21.6 Å². The summed E-state index contributed by atoms with van der Waals surface area (Å²) < 4.78 is 108. The molecule has 0 saturated carbocycles. The van der Waals surface area contributed by atoms with Gasteiger partial charge in [-0.25, -0.2) is 26.9 Å². The van der Waals surface area contributed by atoms with Crippen molar-refractivity contribution in [2.45, 2.75) is 13.0 Å². The molecule has 1 heterocycles. The molecule has 0 aliphatic carbocycles. The van der Waals surface area contributed by atoms with Crippen LogP contribution in [0.25, 0.3) is 11.1 Å². The fourth-order valence-corrected chi connectivity index (χ4v) is 3.38. The number of ether oxygens (including phenoxy) is 2. The van der Waals surface area contributed by atoms with Crippen LogP contribution in [0.4, 0.5) is 30.7 Å². The van der Waals surface area contributed by atoms with Gasteiger partial charge in [0, 0.05) is 23.3 Å². The third-order valence-electron chi connectivity index (χ3n) is 5.15. The molecule has 0 bridgehead atoms. The minimum absolute atomic E-state index is 0.0638. The van der Waals surface area contributed by atoms with Gasteiger partial charge in [0.2, 0.25) is 0 Å². The molecular formula is C28H16F7NO2. The zero-order chi connectivity index (χ0) is 27.4. The van der Waals surface area contributed by atoms with Crippen LogP contribution >= 0.6 is 0 Å². The molecule has 4 aromatic rings. The molecular weight excluding hydrogens is 515 g/mol. The first-order chi connectivity index (χ1) is 18.1. The summed E-state index contributed by atoms with van der Waals surface area (Å²) in [5.41, 5.74) is -0.724. The molecule has 0 saturated heterocycles. The zero-order valence-corrected chi connectivity index (χ0v) is 19.5. The Labute approximate surface area is 212 Å². The molecule has 3 aromatic carbocycles. The van der Waals surface area contributed by atoms with Crippen LogP contribution in [0.15, 0.2) is 66.9 Å². The van der Waals surface area contributed by atoms with Crippen molar-refractivity contribution in [3.8, 4) is 34.5 Å². The molecule has 0 spiro atoms. The Kier molecular flexibility index (Phi) is 7.57. The van der Waals surface area contributed by atoms with Crippen molar-refractivity contribution in [1.29, 1.82) is 0 Å². The first kappa shape index (κ1) is 26.5. The monoisotopic (exact) mass is 531 g/mol. The summed E-state index contributed by atoms with van der Waals surface area (Å²) in [5, 5.41) is 0. The van der Waals surface area contributed by atoms with Crippen molar-refractivity contribution in [3.05, 3.63) is 113 Å². The van der Waals surface area contributed by atoms with Crippen LogP contribution in [0.5, 0.6) is 11.5 Å². The second-order valence-corrected chi connectivity index (χ2v) is 7.77. The van der Waals surface area contributed by atoms with Gasteiger partial charge in [-0.1, -0.05) is 18.1 Å². The Balaban J connectivity index is 1.54. The van der Waals surface area contributed by atoms with E-state index in [0.717, 1.165) is 12.1 Å². The summed E-state index contributed by atoms with van der Waals surface area (Å²) >= 11 is 0. The Hall–Kier alpha value is -4.52. The SMILES string of the molecule is CCOc1ccc(C#Cc2ccc(-c3ccc(C(F)(F)Oc4cc(F)c(F)c(F)c4)c(F)c3)c(F)c2)nc1. The summed E-state index contributed by atoms with van der Waals surface area (Å²) in [5.74, 6) is -2.61. The highest BCUT2D eigenvalue weighted by molar-refractivity contribution is 5.66. The largest absolute Gasteiger partial charge is 0.492 e. The number of nitrogens with zero attached hydrogens (tertiary/aromatic N) is 1. The molecule has 0 aliphatic rings. The second-order valence-electron chi connectivity index (χ2n) is 7.77. The van der Waals surface area contributed by atoms with Crippen LogP contribution in [-0.2, 0) is 6.11 Å². The number of benzene rings is 3. The normalized spacial score (nSPS) is 11.1. The lowest BCUT2D eigenvalue weighted by Crippen LogP contribution is -2.23. The quantitative estimate of drug-likeness (QED) is 0.148. The molecule has 0 aliphatic heterocycles. The van der Waals surface area contributed by atoms with Crippen LogP contribution in [0.1, 0.15) is 23.7 Å². The molecule has 0 N–H and O–H groups in total. The van der Waals surface area contributed by atoms with Gasteiger partial charge in [0.25, 0.3) is 0 Å². The first-order valence-electron chi connectivity index (χ1n) is 11.0. The van der Waals surface area contributed by atoms with E-state index in [1.807, 2.05) is 6.92 Å². The van der Waals surface area contributed by atoms with Crippen LogP contribution in [0, 0.1) is 40.9 Å². The lowest BCUT2D eigenvalue weighted by atomic mass is 10.0. The van der Waals surface area contributed by atoms with E-state index in [4.69, 9.17) is 4.74 Å². The van der Waals surface area contributed by atoms with Gasteiger partial charge in [-0.15, -0.1) is 0 Å². The molecule has 194 valence electrons. The number of hydrogen-bond acceptors (Lipinski definition) is 3. The van der Waals surface area contributed by atoms with Crippen molar-refractivity contribution in [2.75, 3.05) is 6.61 Å². The number of hydrogen-bond donors (Lipinski definition) is 0. The van der Waals surface area contributed by atoms with Crippen LogP contribution in [0.2, 0.25) is 0 Å². The average Bonchev–Trinajstić information content (AvgIpc) is 2.86. The maximum absolute atomic E-state index is 14.8. The topological polar surface area (TPSA) is 31.4 Å². The van der Waals surface area contributed by atoms with E-state index in [1.165, 1.54) is 18.3 Å². The maximum Gasteiger partial charge on any atom is 0.429 e. The second kappa shape index (κ2) is 10.8. The van der Waals surface area contributed by atoms with Crippen LogP contribution in [-0.4, -0.2) is 11.6 Å². The van der Waals surface area contributed by atoms with E-state index in [0.29, 0.717) is 30.2 Å². The number of pyridine rings is 1. The molecule has 3 nitrogen and oxygen atoms in total. The van der Waals surface area contributed by atoms with Gasteiger partial charge in [-0.2, -0.15) is 8.78 Å². The third-order valence-corrected chi connectivity index (χ3v) is 5.15. The highest BCUT2D eigenvalue weighted by atomic mass is 19.3. The zero-order valence-electron chi connectivity index (χ0n) is 19.5. The molecule has 0 radical (unpaired) electrons. The van der Waals surface area contributed by atoms with Crippen LogP contribution < -0.4 is 9.47 Å². The molecule has 0 atom stereocenters. The highest BCUT2D eigenvalue weighted by Gasteiger charge is 2.38. The molecule has 4 rings (SSSR count). The Morgan fingerprint density at radius 3 is 2.11 bits per heavy atom. The number of alkyl halides is 2. The van der Waals surface area contributed by atoms with Gasteiger partial charge >= 0.3 is 6.11 Å². The Morgan fingerprint density at radius 1 is 0.763 bits per heavy atom. The lowest BCUT2D eigenvalue weighted by molar-refractivity contribution is -0.187. The lowest BCUT2D eigenvalue weighted by Gasteiger charge is -2.19. The van der Waals surface area contributed by atoms with Crippen molar-refractivity contribution in [3.63, 3.8) is 0 Å². The number of aromatic nitrogens is 1. The fraction of sp³-hybridized carbons (Fsp3) is 0.107. The predicted molar refractivity (Wildman–Crippen MR) is 124 cm³/mol. The molecule has 0 unspecified atom stereocenters. The van der Waals surface area contributed by atoms with Crippen molar-refractivity contribution in [1.82, 2.24) is 4.98 Å². The smallest absolute Gasteiger partial charge is 0.429 e. The van der Waals surface area contributed by atoms with E-state index in [-0.39, 0.29) is 28.8 Å². The standard InChI is InChI=1S/C28H16F7NO2/c1-2-37-19-8-7-18(36-15-19)6-3-16-4-9-21(23(29)11-16)17-5-10-22(24(30)12-17)28(34,35)38-20-13-25(31)27(33)26(32)14-20/h4-5,7-15H,2H2,1H3. The summed E-state index contributed by atoms with van der Waals surface area (Å²) in [7, 11) is 0. The highest BCUT2D eigenvalue weighted by Crippen LogP contribution is 2.36. The average molecular weight is 531 g/mol. The van der Waals surface area contributed by atoms with E-state index in [9.17, 15) is 30.7 Å². The molecule has 1 aromatic heterocycles. The Bertz CT molecular complexity index is 1520. The van der Waals surface area contributed by atoms with Gasteiger partial charge in [0.05, 0.1) is 18.4 Å². The number of halogens is 7. The summed E-state index contributed by atoms with van der Waals surface area (Å²) in [6, 6.07) is 9.90. The van der Waals surface area contributed by atoms with Gasteiger partial charge in [0.1, 0.15) is 28.8 Å².